The molecule has 0 unspecified atom stereocenters. The maximum absolute atomic E-state index is 14.8. The number of ether oxygens (including phenoxy) is 1. The van der Waals surface area contributed by atoms with Crippen molar-refractivity contribution in [3.63, 3.8) is 0 Å². The fraction of sp³-hybridized carbons (Fsp3) is 0.591. The Morgan fingerprint density at radius 2 is 1.84 bits per heavy atom. The highest BCUT2D eigenvalue weighted by molar-refractivity contribution is 7.09. The summed E-state index contributed by atoms with van der Waals surface area (Å²) in [5.41, 5.74) is 6.91. The van der Waals surface area contributed by atoms with Gasteiger partial charge in [-0.05, 0) is 96.5 Å². The highest BCUT2D eigenvalue weighted by atomic mass is 32.1. The van der Waals surface area contributed by atoms with Crippen LogP contribution in [0.15, 0.2) is 41.8 Å². The molecule has 2 heterocycles. The van der Waals surface area contributed by atoms with Crippen LogP contribution in [-0.2, 0) is 30.3 Å². The Kier molecular flexibility index (Phi) is 18.4. The Balaban J connectivity index is 1.94. The van der Waals surface area contributed by atoms with E-state index < -0.39 is 47.5 Å². The van der Waals surface area contributed by atoms with Crippen molar-refractivity contribution in [1.29, 1.82) is 0 Å². The average Bonchev–Trinajstić information content (AvgIpc) is 3.67. The lowest BCUT2D eigenvalue weighted by atomic mass is 9.84. The number of amides is 3. The molecule has 318 valence electrons. The normalized spacial score (nSPS) is 17.1. The number of piperidine rings is 1. The van der Waals surface area contributed by atoms with Crippen LogP contribution in [0.2, 0.25) is 0 Å². The number of likely N-dealkylation sites (N-methyl/N-ethyl adjacent to an activating group) is 1. The molecule has 13 nitrogen and oxygen atoms in total. The number of carbonyl (C=O) groups is 5. The smallest absolute Gasteiger partial charge is 0.309 e. The van der Waals surface area contributed by atoms with Crippen molar-refractivity contribution in [2.75, 3.05) is 25.9 Å². The molecule has 0 bridgehead atoms. The molecule has 0 aliphatic carbocycles. The van der Waals surface area contributed by atoms with Crippen molar-refractivity contribution in [2.24, 2.45) is 11.3 Å². The topological polar surface area (TPSA) is 184 Å². The number of aromatic nitrogens is 1. The van der Waals surface area contributed by atoms with E-state index in [0.717, 1.165) is 42.7 Å². The van der Waals surface area contributed by atoms with Gasteiger partial charge in [-0.3, -0.25) is 28.9 Å². The van der Waals surface area contributed by atoms with Gasteiger partial charge in [0.05, 0.1) is 17.5 Å². The first kappa shape index (κ1) is 47.6. The Labute approximate surface area is 348 Å². The van der Waals surface area contributed by atoms with E-state index in [-0.39, 0.29) is 42.3 Å². The monoisotopic (exact) mass is 820 g/mol. The standard InChI is InChI=1S/C44H64N6O7S/c1-10-12-13-15-23-50(42(54)38(29(5)11-2)48-40(53)35-17-14-16-22-49(35)9)36(28(3)4)25-37(57-30(6)51)41-47-34(27-58-41)39(52)46-33(26-44(7,8)43(55)56)24-31-18-20-32(45)21-19-31/h1,18-21,27,29,33,35-38H,3,11-17,22-26,45H2,2,4-9H3,(H,46,52)(H,48,53)(H,55,56)/t29-,33-,35+,36+,37+,38-/m0/s1. The number of carboxylic acids is 1. The molecular formula is C44H64N6O7S. The van der Waals surface area contributed by atoms with Gasteiger partial charge in [-0.25, -0.2) is 4.98 Å². The van der Waals surface area contributed by atoms with Crippen LogP contribution >= 0.6 is 11.3 Å². The summed E-state index contributed by atoms with van der Waals surface area (Å²) in [4.78, 5) is 75.2. The number of terminal acetylenes is 1. The predicted octanol–water partition coefficient (Wildman–Crippen LogP) is 6.15. The number of hydrogen-bond donors (Lipinski definition) is 4. The summed E-state index contributed by atoms with van der Waals surface area (Å²) in [7, 11) is 1.93. The number of thiazole rings is 1. The third-order valence-electron chi connectivity index (χ3n) is 11.0. The van der Waals surface area contributed by atoms with Gasteiger partial charge in [-0.2, -0.15) is 0 Å². The fourth-order valence-corrected chi connectivity index (χ4v) is 8.10. The number of hydrogen-bond acceptors (Lipinski definition) is 10. The second-order valence-electron chi connectivity index (χ2n) is 16.3. The fourth-order valence-electron chi connectivity index (χ4n) is 7.26. The third kappa shape index (κ3) is 14.0. The van der Waals surface area contributed by atoms with Gasteiger partial charge in [0, 0.05) is 43.4 Å². The van der Waals surface area contributed by atoms with Gasteiger partial charge in [0.25, 0.3) is 5.91 Å². The summed E-state index contributed by atoms with van der Waals surface area (Å²) in [6.07, 6.45) is 10.3. The van der Waals surface area contributed by atoms with Crippen LogP contribution in [0.4, 0.5) is 5.69 Å². The maximum Gasteiger partial charge on any atom is 0.309 e. The summed E-state index contributed by atoms with van der Waals surface area (Å²) in [5, 5.41) is 17.9. The quantitative estimate of drug-likeness (QED) is 0.0353. The first-order valence-corrected chi connectivity index (χ1v) is 21.2. The second-order valence-corrected chi connectivity index (χ2v) is 17.2. The Hall–Kier alpha value is -4.74. The van der Waals surface area contributed by atoms with Crippen molar-refractivity contribution in [1.82, 2.24) is 25.4 Å². The molecular weight excluding hydrogens is 757 g/mol. The Morgan fingerprint density at radius 1 is 1.16 bits per heavy atom. The van der Waals surface area contributed by atoms with Crippen LogP contribution in [0, 0.1) is 23.7 Å². The van der Waals surface area contributed by atoms with E-state index in [1.165, 1.54) is 6.92 Å². The minimum Gasteiger partial charge on any atom is -0.481 e. The number of likely N-dealkylation sites (tertiary alicyclic amines) is 1. The molecule has 3 rings (SSSR count). The molecule has 1 saturated heterocycles. The number of aliphatic carboxylic acids is 1. The number of nitrogens with zero attached hydrogens (tertiary/aromatic N) is 3. The molecule has 1 aromatic carbocycles. The van der Waals surface area contributed by atoms with Crippen LogP contribution in [0.3, 0.4) is 0 Å². The van der Waals surface area contributed by atoms with Crippen molar-refractivity contribution in [3.05, 3.63) is 58.1 Å². The van der Waals surface area contributed by atoms with Crippen LogP contribution in [0.1, 0.15) is 126 Å². The third-order valence-corrected chi connectivity index (χ3v) is 11.9. The van der Waals surface area contributed by atoms with Gasteiger partial charge in [0.1, 0.15) is 16.7 Å². The van der Waals surface area contributed by atoms with Gasteiger partial charge >= 0.3 is 11.9 Å². The summed E-state index contributed by atoms with van der Waals surface area (Å²) < 4.78 is 5.85. The largest absolute Gasteiger partial charge is 0.481 e. The summed E-state index contributed by atoms with van der Waals surface area (Å²) in [6, 6.07) is 4.85. The van der Waals surface area contributed by atoms with Gasteiger partial charge < -0.3 is 31.1 Å². The first-order chi connectivity index (χ1) is 27.4. The molecule has 0 radical (unpaired) electrons. The summed E-state index contributed by atoms with van der Waals surface area (Å²) >= 11 is 1.14. The molecule has 0 saturated carbocycles. The highest BCUT2D eigenvalue weighted by Crippen LogP contribution is 2.32. The Morgan fingerprint density at radius 3 is 2.43 bits per heavy atom. The lowest BCUT2D eigenvalue weighted by Crippen LogP contribution is -2.58. The molecule has 6 atom stereocenters. The summed E-state index contributed by atoms with van der Waals surface area (Å²) in [6.45, 7) is 15.6. The molecule has 1 aromatic heterocycles. The van der Waals surface area contributed by atoms with E-state index >= 15 is 0 Å². The van der Waals surface area contributed by atoms with E-state index in [2.05, 4.69) is 28.1 Å². The van der Waals surface area contributed by atoms with Crippen LogP contribution in [0.5, 0.6) is 0 Å². The predicted molar refractivity (Wildman–Crippen MR) is 228 cm³/mol. The van der Waals surface area contributed by atoms with Gasteiger partial charge in [-0.1, -0.05) is 51.0 Å². The van der Waals surface area contributed by atoms with Gasteiger partial charge in [-0.15, -0.1) is 23.7 Å². The van der Waals surface area contributed by atoms with E-state index in [4.69, 9.17) is 16.9 Å². The molecule has 1 fully saturated rings. The minimum absolute atomic E-state index is 0.0777. The van der Waals surface area contributed by atoms with E-state index in [1.807, 2.05) is 44.9 Å². The Bertz CT molecular complexity index is 1770. The maximum atomic E-state index is 14.8. The van der Waals surface area contributed by atoms with Crippen molar-refractivity contribution < 1.29 is 33.8 Å². The highest BCUT2D eigenvalue weighted by Gasteiger charge is 2.38. The molecule has 0 spiro atoms. The van der Waals surface area contributed by atoms with E-state index in [1.54, 1.807) is 36.3 Å². The molecule has 5 N–H and O–H groups in total. The number of nitrogens with one attached hydrogen (secondary N) is 2. The molecule has 1 aliphatic rings. The van der Waals surface area contributed by atoms with Gasteiger partial charge in [0.2, 0.25) is 11.8 Å². The zero-order valence-electron chi connectivity index (χ0n) is 35.3. The number of nitrogen functional groups attached to an aromatic ring is 1. The number of anilines is 1. The number of carbonyl (C=O) groups excluding carboxylic acids is 4. The zero-order chi connectivity index (χ0) is 43.2. The number of nitrogens with two attached hydrogens (primary N) is 1. The first-order valence-electron chi connectivity index (χ1n) is 20.3. The molecule has 1 aliphatic heterocycles. The van der Waals surface area contributed by atoms with Crippen molar-refractivity contribution >= 4 is 46.7 Å². The number of carboxylic acid groups (broad SMARTS) is 1. The molecule has 58 heavy (non-hydrogen) atoms. The van der Waals surface area contributed by atoms with Crippen molar-refractivity contribution in [2.45, 2.75) is 136 Å². The van der Waals surface area contributed by atoms with E-state index in [0.29, 0.717) is 54.9 Å². The zero-order valence-corrected chi connectivity index (χ0v) is 36.2. The molecule has 14 heteroatoms. The van der Waals surface area contributed by atoms with Crippen LogP contribution < -0.4 is 16.4 Å². The summed E-state index contributed by atoms with van der Waals surface area (Å²) in [5.74, 6) is -0.0267. The number of unbranched alkanes of at least 4 members (excludes halogenated alkanes) is 2. The molecule has 3 amide bonds. The van der Waals surface area contributed by atoms with Gasteiger partial charge in [0.15, 0.2) is 6.10 Å². The van der Waals surface area contributed by atoms with Crippen LogP contribution in [-0.4, -0.2) is 93.9 Å². The lowest BCUT2D eigenvalue weighted by Gasteiger charge is -2.39. The van der Waals surface area contributed by atoms with E-state index in [9.17, 15) is 29.1 Å². The van der Waals surface area contributed by atoms with Crippen molar-refractivity contribution in [3.8, 4) is 12.3 Å². The van der Waals surface area contributed by atoms with Crippen LogP contribution in [0.25, 0.3) is 0 Å². The lowest BCUT2D eigenvalue weighted by molar-refractivity contribution is -0.149. The SMILES string of the molecule is C#CCCCCN(C(=O)[C@@H](NC(=O)[C@H]1CCCCN1C)[C@@H](C)CC)[C@H](C[C@@H](OC(C)=O)c1nc(C(=O)N[C@@H](Cc2ccc(N)cc2)CC(C)(C)C(=O)O)cs1)C(=C)C. The molecule has 2 aromatic rings. The number of esters is 1. The minimum atomic E-state index is -1.13. The average molecular weight is 821 g/mol. The number of benzene rings is 1. The number of rotatable bonds is 22. The second kappa shape index (κ2) is 22.4.